The van der Waals surface area contributed by atoms with E-state index in [1.54, 1.807) is 0 Å². The largest absolute Gasteiger partial charge is 0.479 e. The third-order valence-corrected chi connectivity index (χ3v) is 2.36. The average Bonchev–Trinajstić information content (AvgIpc) is 2.32. The van der Waals surface area contributed by atoms with Gasteiger partial charge in [-0.15, -0.1) is 0 Å². The van der Waals surface area contributed by atoms with Crippen LogP contribution in [-0.2, 0) is 15.7 Å². The molecule has 2 N–H and O–H groups in total. The third-order valence-electron chi connectivity index (χ3n) is 2.36. The van der Waals surface area contributed by atoms with Gasteiger partial charge in [-0.1, -0.05) is 0 Å². The van der Waals surface area contributed by atoms with Gasteiger partial charge < -0.3 is 14.9 Å². The predicted octanol–water partition coefficient (Wildman–Crippen LogP) is 2.37. The van der Waals surface area contributed by atoms with Crippen molar-refractivity contribution in [3.63, 3.8) is 0 Å². The molecular weight excluding hydrogens is 284 g/mol. The fraction of sp³-hybridized carbons (Fsp3) is 0.417. The maximum atomic E-state index is 13.2. The Morgan fingerprint density at radius 1 is 1.30 bits per heavy atom. The second kappa shape index (κ2) is 6.67. The molecule has 0 heterocycles. The topological polar surface area (TPSA) is 66.8 Å². The zero-order chi connectivity index (χ0) is 15.3. The van der Waals surface area contributed by atoms with Crippen LogP contribution in [0.5, 0.6) is 0 Å². The quantitative estimate of drug-likeness (QED) is 0.625. The highest BCUT2D eigenvalue weighted by atomic mass is 19.4. The summed E-state index contributed by atoms with van der Waals surface area (Å²) in [5.41, 5.74) is -1.73. The average molecular weight is 296 g/mol. The highest BCUT2D eigenvalue weighted by Crippen LogP contribution is 2.32. The fourth-order valence-electron chi connectivity index (χ4n) is 1.50. The SMILES string of the molecule is O=C(O)C(OCCCO)c1cc(F)cc(C(F)(F)F)c1. The van der Waals surface area contributed by atoms with Gasteiger partial charge in [0.1, 0.15) is 5.82 Å². The molecule has 1 aromatic carbocycles. The smallest absolute Gasteiger partial charge is 0.416 e. The van der Waals surface area contributed by atoms with Crippen LogP contribution in [0.4, 0.5) is 17.6 Å². The normalized spacial score (nSPS) is 13.2. The lowest BCUT2D eigenvalue weighted by Crippen LogP contribution is -2.18. The van der Waals surface area contributed by atoms with Crippen LogP contribution in [0.1, 0.15) is 23.7 Å². The molecule has 4 nitrogen and oxygen atoms in total. The van der Waals surface area contributed by atoms with Crippen molar-refractivity contribution in [1.82, 2.24) is 0 Å². The molecule has 0 aliphatic carbocycles. The minimum atomic E-state index is -4.79. The molecule has 112 valence electrons. The van der Waals surface area contributed by atoms with E-state index in [0.717, 1.165) is 0 Å². The van der Waals surface area contributed by atoms with Gasteiger partial charge in [0.25, 0.3) is 0 Å². The van der Waals surface area contributed by atoms with E-state index in [2.05, 4.69) is 0 Å². The highest BCUT2D eigenvalue weighted by molar-refractivity contribution is 5.74. The number of aliphatic hydroxyl groups is 1. The highest BCUT2D eigenvalue weighted by Gasteiger charge is 2.33. The first-order chi connectivity index (χ1) is 9.25. The van der Waals surface area contributed by atoms with Crippen LogP contribution >= 0.6 is 0 Å². The Balaban J connectivity index is 3.07. The summed E-state index contributed by atoms with van der Waals surface area (Å²) in [6.45, 7) is -0.436. The second-order valence-electron chi connectivity index (χ2n) is 3.94. The Labute approximate surface area is 111 Å². The number of hydrogen-bond acceptors (Lipinski definition) is 3. The first kappa shape index (κ1) is 16.4. The number of carboxylic acid groups (broad SMARTS) is 1. The van der Waals surface area contributed by atoms with Crippen LogP contribution in [0.3, 0.4) is 0 Å². The minimum absolute atomic E-state index is 0.116. The molecule has 0 bridgehead atoms. The number of rotatable bonds is 6. The van der Waals surface area contributed by atoms with E-state index in [9.17, 15) is 22.4 Å². The van der Waals surface area contributed by atoms with E-state index in [-0.39, 0.29) is 25.7 Å². The molecule has 1 atom stereocenters. The molecule has 0 aliphatic heterocycles. The number of aliphatic hydroxyl groups excluding tert-OH is 1. The van der Waals surface area contributed by atoms with Crippen molar-refractivity contribution in [2.75, 3.05) is 13.2 Å². The van der Waals surface area contributed by atoms with Gasteiger partial charge in [-0.2, -0.15) is 13.2 Å². The fourth-order valence-corrected chi connectivity index (χ4v) is 1.50. The van der Waals surface area contributed by atoms with Crippen LogP contribution < -0.4 is 0 Å². The lowest BCUT2D eigenvalue weighted by Gasteiger charge is -2.16. The van der Waals surface area contributed by atoms with E-state index in [4.69, 9.17) is 14.9 Å². The van der Waals surface area contributed by atoms with Gasteiger partial charge in [0, 0.05) is 6.61 Å². The molecule has 0 aliphatic rings. The zero-order valence-corrected chi connectivity index (χ0v) is 10.2. The van der Waals surface area contributed by atoms with Crippen molar-refractivity contribution in [1.29, 1.82) is 0 Å². The van der Waals surface area contributed by atoms with E-state index < -0.39 is 35.2 Å². The Bertz CT molecular complexity index is 473. The van der Waals surface area contributed by atoms with Crippen LogP contribution in [0.2, 0.25) is 0 Å². The Morgan fingerprint density at radius 3 is 2.45 bits per heavy atom. The number of hydrogen-bond donors (Lipinski definition) is 2. The minimum Gasteiger partial charge on any atom is -0.479 e. The molecule has 1 aromatic rings. The van der Waals surface area contributed by atoms with E-state index in [1.165, 1.54) is 0 Å². The van der Waals surface area contributed by atoms with Gasteiger partial charge in [-0.05, 0) is 30.2 Å². The van der Waals surface area contributed by atoms with Gasteiger partial charge >= 0.3 is 12.1 Å². The molecule has 0 radical (unpaired) electrons. The number of alkyl halides is 3. The lowest BCUT2D eigenvalue weighted by molar-refractivity contribution is -0.151. The zero-order valence-electron chi connectivity index (χ0n) is 10.2. The number of ether oxygens (including phenoxy) is 1. The van der Waals surface area contributed by atoms with E-state index >= 15 is 0 Å². The number of aliphatic carboxylic acids is 1. The predicted molar refractivity (Wildman–Crippen MR) is 59.4 cm³/mol. The first-order valence-electron chi connectivity index (χ1n) is 5.58. The molecule has 0 spiro atoms. The summed E-state index contributed by atoms with van der Waals surface area (Å²) in [7, 11) is 0. The maximum Gasteiger partial charge on any atom is 0.416 e. The van der Waals surface area contributed by atoms with Crippen LogP contribution in [-0.4, -0.2) is 29.4 Å². The molecule has 0 saturated heterocycles. The third kappa shape index (κ3) is 4.46. The van der Waals surface area contributed by atoms with Crippen molar-refractivity contribution in [3.05, 3.63) is 35.1 Å². The number of carboxylic acids is 1. The summed E-state index contributed by atoms with van der Waals surface area (Å²) < 4.78 is 55.6. The molecule has 20 heavy (non-hydrogen) atoms. The maximum absolute atomic E-state index is 13.2. The lowest BCUT2D eigenvalue weighted by atomic mass is 10.1. The Kier molecular flexibility index (Phi) is 5.46. The molecule has 1 unspecified atom stereocenters. The van der Waals surface area contributed by atoms with Gasteiger partial charge in [0.15, 0.2) is 6.10 Å². The van der Waals surface area contributed by atoms with Gasteiger partial charge in [-0.25, -0.2) is 9.18 Å². The molecular formula is C12H12F4O4. The number of carbonyl (C=O) groups is 1. The first-order valence-corrected chi connectivity index (χ1v) is 5.58. The van der Waals surface area contributed by atoms with Crippen molar-refractivity contribution < 1.29 is 37.3 Å². The summed E-state index contributed by atoms with van der Waals surface area (Å²) in [5.74, 6) is -2.74. The molecule has 1 rings (SSSR count). The molecule has 0 aromatic heterocycles. The standard InChI is InChI=1S/C12H12F4O4/c13-9-5-7(4-8(6-9)12(14,15)16)10(11(18)19)20-3-1-2-17/h4-6,10,17H,1-3H2,(H,18,19). The summed E-state index contributed by atoms with van der Waals surface area (Å²) in [4.78, 5) is 11.0. The Hall–Kier alpha value is -1.67. The van der Waals surface area contributed by atoms with Gasteiger partial charge in [-0.3, -0.25) is 0 Å². The van der Waals surface area contributed by atoms with Gasteiger partial charge in [0.05, 0.1) is 12.2 Å². The number of benzene rings is 1. The van der Waals surface area contributed by atoms with Crippen LogP contribution in [0.15, 0.2) is 18.2 Å². The molecule has 8 heteroatoms. The van der Waals surface area contributed by atoms with Crippen molar-refractivity contribution in [2.45, 2.75) is 18.7 Å². The summed E-state index contributed by atoms with van der Waals surface area (Å²) in [6.07, 6.45) is -6.39. The molecule has 0 saturated carbocycles. The van der Waals surface area contributed by atoms with E-state index in [1.807, 2.05) is 0 Å². The second-order valence-corrected chi connectivity index (χ2v) is 3.94. The van der Waals surface area contributed by atoms with Crippen LogP contribution in [0, 0.1) is 5.82 Å². The Morgan fingerprint density at radius 2 is 1.95 bits per heavy atom. The van der Waals surface area contributed by atoms with E-state index in [0.29, 0.717) is 12.1 Å². The summed E-state index contributed by atoms with van der Waals surface area (Å²) in [6, 6.07) is 1.48. The molecule has 0 amide bonds. The monoisotopic (exact) mass is 296 g/mol. The van der Waals surface area contributed by atoms with Crippen LogP contribution in [0.25, 0.3) is 0 Å². The van der Waals surface area contributed by atoms with Crippen molar-refractivity contribution >= 4 is 5.97 Å². The van der Waals surface area contributed by atoms with Crippen molar-refractivity contribution in [2.24, 2.45) is 0 Å². The van der Waals surface area contributed by atoms with Gasteiger partial charge in [0.2, 0.25) is 0 Å². The number of halogens is 4. The summed E-state index contributed by atoms with van der Waals surface area (Å²) >= 11 is 0. The van der Waals surface area contributed by atoms with Crippen molar-refractivity contribution in [3.8, 4) is 0 Å². The summed E-state index contributed by atoms with van der Waals surface area (Å²) in [5, 5.41) is 17.5. The molecule has 0 fully saturated rings.